The Bertz CT molecular complexity index is 497. The third kappa shape index (κ3) is 4.78. The molecule has 0 radical (unpaired) electrons. The van der Waals surface area contributed by atoms with Crippen molar-refractivity contribution < 1.29 is 12.6 Å². The Labute approximate surface area is 116 Å². The molecule has 0 aliphatic heterocycles. The van der Waals surface area contributed by atoms with E-state index in [1.807, 2.05) is 0 Å². The van der Waals surface area contributed by atoms with Gasteiger partial charge in [0.15, 0.2) is 0 Å². The van der Waals surface area contributed by atoms with Gasteiger partial charge in [0.25, 0.3) is 10.0 Å². The van der Waals surface area contributed by atoms with Gasteiger partial charge in [-0.2, -0.15) is 0 Å². The zero-order valence-corrected chi connectivity index (χ0v) is 13.5. The molecule has 0 spiro atoms. The molecule has 1 N–H and O–H groups in total. The summed E-state index contributed by atoms with van der Waals surface area (Å²) < 4.78 is 38.3. The molecule has 4 nitrogen and oxygen atoms in total. The molecule has 8 heteroatoms. The molecular formula is C9H14BrNO3S3. The van der Waals surface area contributed by atoms with Crippen molar-refractivity contribution in [1.29, 1.82) is 0 Å². The molecule has 17 heavy (non-hydrogen) atoms. The highest BCUT2D eigenvalue weighted by Gasteiger charge is 2.21. The minimum atomic E-state index is -3.47. The Morgan fingerprint density at radius 3 is 2.71 bits per heavy atom. The second kappa shape index (κ2) is 6.42. The van der Waals surface area contributed by atoms with Crippen LogP contribution >= 0.6 is 27.3 Å². The van der Waals surface area contributed by atoms with E-state index in [-0.39, 0.29) is 10.3 Å². The predicted molar refractivity (Wildman–Crippen MR) is 75.4 cm³/mol. The highest BCUT2D eigenvalue weighted by Crippen LogP contribution is 2.27. The first-order chi connectivity index (χ1) is 7.83. The molecule has 1 aromatic heterocycles. The SMILES string of the molecule is CC(CCS(C)=O)NS(=O)(=O)c1sccc1Br. The maximum atomic E-state index is 12.0. The molecule has 0 fully saturated rings. The number of sulfonamides is 1. The Morgan fingerprint density at radius 1 is 1.59 bits per heavy atom. The normalized spacial score (nSPS) is 15.7. The summed E-state index contributed by atoms with van der Waals surface area (Å²) in [6.45, 7) is 1.77. The number of nitrogens with one attached hydrogen (secondary N) is 1. The van der Waals surface area contributed by atoms with Crippen molar-refractivity contribution in [1.82, 2.24) is 4.72 Å². The summed E-state index contributed by atoms with van der Waals surface area (Å²) in [4.78, 5) is 0. The topological polar surface area (TPSA) is 63.2 Å². The zero-order valence-electron chi connectivity index (χ0n) is 9.47. The smallest absolute Gasteiger partial charge is 0.251 e. The van der Waals surface area contributed by atoms with Crippen molar-refractivity contribution in [3.05, 3.63) is 15.9 Å². The van der Waals surface area contributed by atoms with E-state index >= 15 is 0 Å². The molecule has 1 rings (SSSR count). The highest BCUT2D eigenvalue weighted by atomic mass is 79.9. The summed E-state index contributed by atoms with van der Waals surface area (Å²) in [5.41, 5.74) is 0. The van der Waals surface area contributed by atoms with Gasteiger partial charge in [0.1, 0.15) is 4.21 Å². The molecule has 0 saturated heterocycles. The van der Waals surface area contributed by atoms with Gasteiger partial charge < -0.3 is 0 Å². The number of hydrogen-bond donors (Lipinski definition) is 1. The summed E-state index contributed by atoms with van der Waals surface area (Å²) in [7, 11) is -4.37. The molecule has 2 unspecified atom stereocenters. The number of thiophene rings is 1. The molecule has 0 amide bonds. The quantitative estimate of drug-likeness (QED) is 0.843. The van der Waals surface area contributed by atoms with Crippen molar-refractivity contribution in [2.24, 2.45) is 0 Å². The Hall–Kier alpha value is 0.240. The molecule has 2 atom stereocenters. The third-order valence-electron chi connectivity index (χ3n) is 2.02. The average Bonchev–Trinajstić information content (AvgIpc) is 2.61. The lowest BCUT2D eigenvalue weighted by Crippen LogP contribution is -2.33. The molecular weight excluding hydrogens is 346 g/mol. The zero-order chi connectivity index (χ0) is 13.1. The molecule has 1 aromatic rings. The number of hydrogen-bond acceptors (Lipinski definition) is 4. The first-order valence-corrected chi connectivity index (χ1v) is 9.76. The van der Waals surface area contributed by atoms with Crippen LogP contribution in [0.15, 0.2) is 20.1 Å². The van der Waals surface area contributed by atoms with Crippen molar-refractivity contribution in [3.63, 3.8) is 0 Å². The van der Waals surface area contributed by atoms with Crippen LogP contribution in [0.4, 0.5) is 0 Å². The standard InChI is InChI=1S/C9H14BrNO3S3/c1-7(4-6-16(2)12)11-17(13,14)9-8(10)3-5-15-9/h3,5,7,11H,4,6H2,1-2H3. The predicted octanol–water partition coefficient (Wildman–Crippen LogP) is 1.95. The van der Waals surface area contributed by atoms with Crippen LogP contribution in [-0.4, -0.2) is 30.7 Å². The van der Waals surface area contributed by atoms with Crippen molar-refractivity contribution in [2.75, 3.05) is 12.0 Å². The number of rotatable bonds is 6. The van der Waals surface area contributed by atoms with Crippen LogP contribution in [0, 0.1) is 0 Å². The van der Waals surface area contributed by atoms with E-state index in [4.69, 9.17) is 0 Å². The lowest BCUT2D eigenvalue weighted by atomic mass is 10.3. The molecule has 98 valence electrons. The van der Waals surface area contributed by atoms with E-state index in [2.05, 4.69) is 20.7 Å². The maximum absolute atomic E-state index is 12.0. The molecule has 0 aliphatic rings. The minimum absolute atomic E-state index is 0.224. The van der Waals surface area contributed by atoms with Gasteiger partial charge in [-0.3, -0.25) is 4.21 Å². The molecule has 0 saturated carbocycles. The van der Waals surface area contributed by atoms with E-state index < -0.39 is 20.8 Å². The van der Waals surface area contributed by atoms with Crippen LogP contribution in [0.1, 0.15) is 13.3 Å². The Balaban J connectivity index is 2.68. The van der Waals surface area contributed by atoms with Crippen LogP contribution in [0.25, 0.3) is 0 Å². The van der Waals surface area contributed by atoms with E-state index in [9.17, 15) is 12.6 Å². The summed E-state index contributed by atoms with van der Waals surface area (Å²) in [5.74, 6) is 0.495. The van der Waals surface area contributed by atoms with Crippen LogP contribution in [-0.2, 0) is 20.8 Å². The molecule has 0 bridgehead atoms. The van der Waals surface area contributed by atoms with E-state index in [1.54, 1.807) is 24.6 Å². The van der Waals surface area contributed by atoms with Crippen LogP contribution in [0.2, 0.25) is 0 Å². The Morgan fingerprint density at radius 2 is 2.24 bits per heavy atom. The van der Waals surface area contributed by atoms with Crippen molar-refractivity contribution >= 4 is 48.1 Å². The van der Waals surface area contributed by atoms with Crippen LogP contribution in [0.3, 0.4) is 0 Å². The molecule has 0 aliphatic carbocycles. The molecule has 0 aromatic carbocycles. The van der Waals surface area contributed by atoms with E-state index in [1.165, 1.54) is 11.3 Å². The monoisotopic (exact) mass is 359 g/mol. The third-order valence-corrected chi connectivity index (χ3v) is 7.09. The highest BCUT2D eigenvalue weighted by molar-refractivity contribution is 9.10. The first-order valence-electron chi connectivity index (χ1n) is 4.88. The summed E-state index contributed by atoms with van der Waals surface area (Å²) in [6.07, 6.45) is 2.17. The van der Waals surface area contributed by atoms with Crippen molar-refractivity contribution in [3.8, 4) is 0 Å². The fourth-order valence-corrected chi connectivity index (χ4v) is 5.51. The van der Waals surface area contributed by atoms with E-state index in [0.717, 1.165) is 0 Å². The lowest BCUT2D eigenvalue weighted by Gasteiger charge is -2.12. The Kier molecular flexibility index (Phi) is 5.78. The van der Waals surface area contributed by atoms with E-state index in [0.29, 0.717) is 16.6 Å². The fourth-order valence-electron chi connectivity index (χ4n) is 1.19. The van der Waals surface area contributed by atoms with Gasteiger partial charge in [-0.15, -0.1) is 11.3 Å². The van der Waals surface area contributed by atoms with Gasteiger partial charge in [0, 0.05) is 33.3 Å². The van der Waals surface area contributed by atoms with Gasteiger partial charge in [0.2, 0.25) is 0 Å². The van der Waals surface area contributed by atoms with Crippen LogP contribution < -0.4 is 4.72 Å². The second-order valence-corrected chi connectivity index (χ2v) is 8.88. The first kappa shape index (κ1) is 15.3. The summed E-state index contributed by atoms with van der Waals surface area (Å²) in [5, 5.41) is 1.71. The second-order valence-electron chi connectivity index (χ2n) is 3.64. The summed E-state index contributed by atoms with van der Waals surface area (Å²) >= 11 is 4.36. The average molecular weight is 360 g/mol. The van der Waals surface area contributed by atoms with Gasteiger partial charge in [0.05, 0.1) is 0 Å². The maximum Gasteiger partial charge on any atom is 0.251 e. The number of halogens is 1. The minimum Gasteiger partial charge on any atom is -0.260 e. The van der Waals surface area contributed by atoms with Crippen molar-refractivity contribution in [2.45, 2.75) is 23.6 Å². The molecule has 1 heterocycles. The van der Waals surface area contributed by atoms with Gasteiger partial charge >= 0.3 is 0 Å². The summed E-state index contributed by atoms with van der Waals surface area (Å²) in [6, 6.07) is 1.48. The van der Waals surface area contributed by atoms with Gasteiger partial charge in [-0.1, -0.05) is 0 Å². The fraction of sp³-hybridized carbons (Fsp3) is 0.556. The largest absolute Gasteiger partial charge is 0.260 e. The lowest BCUT2D eigenvalue weighted by molar-refractivity contribution is 0.557. The van der Waals surface area contributed by atoms with Crippen LogP contribution in [0.5, 0.6) is 0 Å². The van der Waals surface area contributed by atoms with Gasteiger partial charge in [-0.25, -0.2) is 13.1 Å². The van der Waals surface area contributed by atoms with Gasteiger partial charge in [-0.05, 0) is 40.7 Å².